The van der Waals surface area contributed by atoms with Gasteiger partial charge in [0.05, 0.1) is 6.61 Å². The van der Waals surface area contributed by atoms with Crippen LogP contribution in [-0.2, 0) is 14.8 Å². The van der Waals surface area contributed by atoms with E-state index in [1.807, 2.05) is 49.4 Å². The summed E-state index contributed by atoms with van der Waals surface area (Å²) in [5.74, 6) is -11.9. The fourth-order valence-electron chi connectivity index (χ4n) is 6.17. The molecule has 41 heavy (non-hydrogen) atoms. The number of sulfonamides is 1. The van der Waals surface area contributed by atoms with E-state index in [2.05, 4.69) is 11.8 Å². The molecule has 0 N–H and O–H groups in total. The molecule has 5 nitrogen and oxygen atoms in total. The summed E-state index contributed by atoms with van der Waals surface area (Å²) in [6.07, 6.45) is 0.935. The number of aryl methyl sites for hydroxylation is 1. The highest BCUT2D eigenvalue weighted by molar-refractivity contribution is 7.89. The molecule has 2 heterocycles. The summed E-state index contributed by atoms with van der Waals surface area (Å²) < 4.78 is 104. The Morgan fingerprint density at radius 2 is 1.46 bits per heavy atom. The number of hydrogen-bond acceptors (Lipinski definition) is 4. The quantitative estimate of drug-likeness (QED) is 0.202. The number of benzene rings is 3. The molecule has 3 aromatic rings. The molecule has 220 valence electrons. The van der Waals surface area contributed by atoms with Crippen molar-refractivity contribution < 1.29 is 35.1 Å². The van der Waals surface area contributed by atoms with Gasteiger partial charge in [0, 0.05) is 38.2 Å². The van der Waals surface area contributed by atoms with Crippen LogP contribution in [-0.4, -0.2) is 63.1 Å². The molecule has 0 aromatic heterocycles. The van der Waals surface area contributed by atoms with E-state index in [4.69, 9.17) is 4.74 Å². The zero-order chi connectivity index (χ0) is 29.6. The first kappa shape index (κ1) is 29.6. The van der Waals surface area contributed by atoms with Crippen molar-refractivity contribution in [2.24, 2.45) is 0 Å². The van der Waals surface area contributed by atoms with Crippen LogP contribution in [0.15, 0.2) is 47.4 Å². The highest BCUT2D eigenvalue weighted by atomic mass is 32.2. The average molecular weight is 595 g/mol. The van der Waals surface area contributed by atoms with E-state index in [9.17, 15) is 30.4 Å². The zero-order valence-electron chi connectivity index (χ0n) is 22.9. The predicted molar refractivity (Wildman–Crippen MR) is 144 cm³/mol. The number of nitrogens with zero attached hydrogens (tertiary/aromatic N) is 2. The second kappa shape index (κ2) is 11.4. The van der Waals surface area contributed by atoms with Crippen molar-refractivity contribution in [1.29, 1.82) is 0 Å². The minimum Gasteiger partial charge on any atom is -0.383 e. The monoisotopic (exact) mass is 594 g/mol. The van der Waals surface area contributed by atoms with E-state index in [1.54, 1.807) is 7.11 Å². The molecular formula is C30H31F5N2O3S. The van der Waals surface area contributed by atoms with Crippen LogP contribution in [0.3, 0.4) is 0 Å². The average Bonchev–Trinajstić information content (AvgIpc) is 2.93. The minimum atomic E-state index is -5.06. The Labute approximate surface area is 236 Å². The second-order valence-electron chi connectivity index (χ2n) is 10.7. The van der Waals surface area contributed by atoms with Crippen molar-refractivity contribution in [2.75, 3.05) is 33.4 Å². The van der Waals surface area contributed by atoms with E-state index >= 15 is 0 Å². The van der Waals surface area contributed by atoms with E-state index in [-0.39, 0.29) is 25.0 Å². The first-order valence-corrected chi connectivity index (χ1v) is 14.9. The Hall–Kier alpha value is -2.86. The Morgan fingerprint density at radius 3 is 2.10 bits per heavy atom. The number of rotatable bonds is 6. The highest BCUT2D eigenvalue weighted by Gasteiger charge is 2.51. The summed E-state index contributed by atoms with van der Waals surface area (Å²) >= 11 is 0. The fourth-order valence-corrected chi connectivity index (χ4v) is 7.78. The van der Waals surface area contributed by atoms with Crippen LogP contribution >= 0.6 is 0 Å². The lowest BCUT2D eigenvalue weighted by molar-refractivity contribution is -0.0635. The van der Waals surface area contributed by atoms with Gasteiger partial charge in [0.25, 0.3) is 0 Å². The van der Waals surface area contributed by atoms with Crippen LogP contribution in [0.25, 0.3) is 11.1 Å². The van der Waals surface area contributed by atoms with E-state index in [1.165, 1.54) is 11.1 Å². The molecule has 0 amide bonds. The number of fused-ring (bicyclic) bond motifs is 1. The second-order valence-corrected chi connectivity index (χ2v) is 12.6. The molecule has 0 saturated carbocycles. The van der Waals surface area contributed by atoms with Crippen molar-refractivity contribution in [3.8, 4) is 11.1 Å². The van der Waals surface area contributed by atoms with Gasteiger partial charge in [-0.2, -0.15) is 4.31 Å². The summed E-state index contributed by atoms with van der Waals surface area (Å²) in [6.45, 7) is 4.86. The maximum Gasteiger partial charge on any atom is 0.249 e. The Balaban J connectivity index is 1.50. The Kier molecular flexibility index (Phi) is 8.26. The molecule has 0 radical (unpaired) electrons. The maximum atomic E-state index is 14.6. The van der Waals surface area contributed by atoms with E-state index < -0.39 is 50.0 Å². The molecule has 5 rings (SSSR count). The molecule has 2 aliphatic heterocycles. The predicted octanol–water partition coefficient (Wildman–Crippen LogP) is 5.93. The normalized spacial score (nSPS) is 22.1. The van der Waals surface area contributed by atoms with Crippen molar-refractivity contribution in [1.82, 2.24) is 9.21 Å². The number of ether oxygens (including phenoxy) is 1. The molecule has 0 spiro atoms. The van der Waals surface area contributed by atoms with Gasteiger partial charge < -0.3 is 4.74 Å². The van der Waals surface area contributed by atoms with Gasteiger partial charge in [-0.25, -0.2) is 30.4 Å². The highest BCUT2D eigenvalue weighted by Crippen LogP contribution is 2.44. The van der Waals surface area contributed by atoms with Crippen LogP contribution in [0.5, 0.6) is 0 Å². The van der Waals surface area contributed by atoms with E-state index in [0.29, 0.717) is 26.0 Å². The van der Waals surface area contributed by atoms with Gasteiger partial charge in [-0.15, -0.1) is 0 Å². The molecule has 3 aromatic carbocycles. The van der Waals surface area contributed by atoms with Gasteiger partial charge in [-0.3, -0.25) is 4.90 Å². The van der Waals surface area contributed by atoms with Crippen molar-refractivity contribution in [2.45, 2.75) is 49.6 Å². The number of halogens is 5. The SMILES string of the molecule is COC[C@@H]1[C@@H](c2ccc(-c3cccc(C)c3C)cc2)C2CN(S(=O)(=O)c3c(F)c(F)c(F)c(F)c3F)CCCCN21. The summed E-state index contributed by atoms with van der Waals surface area (Å²) in [7, 11) is -3.47. The maximum absolute atomic E-state index is 14.6. The topological polar surface area (TPSA) is 49.9 Å². The first-order chi connectivity index (χ1) is 19.5. The van der Waals surface area contributed by atoms with Gasteiger partial charge in [-0.1, -0.05) is 42.5 Å². The molecule has 0 bridgehead atoms. The molecule has 1 unspecified atom stereocenters. The van der Waals surface area contributed by atoms with Crippen LogP contribution in [0.2, 0.25) is 0 Å². The molecule has 2 saturated heterocycles. The van der Waals surface area contributed by atoms with Gasteiger partial charge in [-0.05, 0) is 61.1 Å². The lowest BCUT2D eigenvalue weighted by atomic mass is 9.74. The van der Waals surface area contributed by atoms with E-state index in [0.717, 1.165) is 21.0 Å². The first-order valence-electron chi connectivity index (χ1n) is 13.4. The van der Waals surface area contributed by atoms with Gasteiger partial charge in [0.15, 0.2) is 28.2 Å². The van der Waals surface area contributed by atoms with Crippen LogP contribution < -0.4 is 0 Å². The lowest BCUT2D eigenvalue weighted by Gasteiger charge is -2.57. The third-order valence-corrected chi connectivity index (χ3v) is 10.3. The van der Waals surface area contributed by atoms with Crippen molar-refractivity contribution in [3.05, 3.63) is 88.2 Å². The molecule has 11 heteroatoms. The smallest absolute Gasteiger partial charge is 0.249 e. The molecule has 0 aliphatic carbocycles. The van der Waals surface area contributed by atoms with Crippen molar-refractivity contribution >= 4 is 10.0 Å². The number of methoxy groups -OCH3 is 1. The third-order valence-electron chi connectivity index (χ3n) is 8.46. The van der Waals surface area contributed by atoms with Crippen LogP contribution in [0, 0.1) is 42.9 Å². The molecule has 3 atom stereocenters. The van der Waals surface area contributed by atoms with Gasteiger partial charge in [0.2, 0.25) is 15.8 Å². The summed E-state index contributed by atoms with van der Waals surface area (Å²) in [4.78, 5) is 0.288. The summed E-state index contributed by atoms with van der Waals surface area (Å²) in [5, 5.41) is 0. The summed E-state index contributed by atoms with van der Waals surface area (Å²) in [5.41, 5.74) is 5.41. The standard InChI is InChI=1S/C30H31F5N2O3S/c1-17-7-6-8-21(18(17)2)19-9-11-20(12-10-19)24-22-15-36(13-4-5-14-37(22)23(24)16-40-3)41(38,39)30-28(34)26(32)25(31)27(33)29(30)35/h6-12,22-24H,4-5,13-16H2,1-3H3/t22?,23-,24+/m1/s1. The molecule has 2 aliphatic rings. The Morgan fingerprint density at radius 1 is 0.854 bits per heavy atom. The van der Waals surface area contributed by atoms with Crippen molar-refractivity contribution in [3.63, 3.8) is 0 Å². The fraction of sp³-hybridized carbons (Fsp3) is 0.400. The molecule has 2 fully saturated rings. The largest absolute Gasteiger partial charge is 0.383 e. The third kappa shape index (κ3) is 5.07. The van der Waals surface area contributed by atoms with Crippen LogP contribution in [0.1, 0.15) is 35.4 Å². The number of hydrogen-bond donors (Lipinski definition) is 0. The van der Waals surface area contributed by atoms with Gasteiger partial charge in [0.1, 0.15) is 0 Å². The summed E-state index contributed by atoms with van der Waals surface area (Å²) in [6, 6.07) is 13.6. The molecular weight excluding hydrogens is 563 g/mol. The van der Waals surface area contributed by atoms with Gasteiger partial charge >= 0.3 is 0 Å². The lowest BCUT2D eigenvalue weighted by Crippen LogP contribution is -2.68. The Bertz CT molecular complexity index is 1540. The van der Waals surface area contributed by atoms with Crippen LogP contribution in [0.4, 0.5) is 22.0 Å². The zero-order valence-corrected chi connectivity index (χ0v) is 23.7. The minimum absolute atomic E-state index is 0.0756.